The van der Waals surface area contributed by atoms with E-state index < -0.39 is 0 Å². The van der Waals surface area contributed by atoms with Crippen molar-refractivity contribution in [3.8, 4) is 11.5 Å². The maximum Gasteiger partial charge on any atom is 0.175 e. The van der Waals surface area contributed by atoms with Crippen LogP contribution in [-0.4, -0.2) is 0 Å². The number of anilines is 9. The molecule has 4 heteroatoms. The third-order valence-electron chi connectivity index (χ3n) is 10.8. The summed E-state index contributed by atoms with van der Waals surface area (Å²) in [5.74, 6) is 1.68. The van der Waals surface area contributed by atoms with Crippen LogP contribution in [0.5, 0.6) is 11.5 Å². The topological polar surface area (TPSA) is 19.0 Å². The molecule has 254 valence electrons. The Balaban J connectivity index is 1.24. The van der Waals surface area contributed by atoms with E-state index in [1.807, 2.05) is 0 Å². The van der Waals surface area contributed by atoms with Crippen molar-refractivity contribution in [2.24, 2.45) is 0 Å². The summed E-state index contributed by atoms with van der Waals surface area (Å²) >= 11 is 0. The van der Waals surface area contributed by atoms with Gasteiger partial charge < -0.3 is 19.4 Å². The van der Waals surface area contributed by atoms with Crippen LogP contribution in [0.15, 0.2) is 188 Å². The number of hydrogen-bond donors (Lipinski definition) is 0. The Morgan fingerprint density at radius 1 is 0.453 bits per heavy atom. The fourth-order valence-electron chi connectivity index (χ4n) is 8.26. The van der Waals surface area contributed by atoms with E-state index in [-0.39, 0.29) is 5.41 Å². The standard InChI is InChI=1S/C49H37N3O/c1-49(2)41-29-31-44(51(37-22-11-5-12-23-37)38-24-13-6-14-25-38)48-47(41)52(46-40-26-16-15-17-34(40)27-32-45(46)53-48)43-30-28-39(33-42(43)49)50(35-18-7-3-8-19-35)36-20-9-4-10-21-36/h3-33H,1-2H3. The second kappa shape index (κ2) is 12.2. The van der Waals surface area contributed by atoms with Crippen molar-refractivity contribution in [1.82, 2.24) is 0 Å². The monoisotopic (exact) mass is 683 g/mol. The molecule has 0 amide bonds. The first kappa shape index (κ1) is 31.0. The van der Waals surface area contributed by atoms with Gasteiger partial charge in [-0.05, 0) is 95.4 Å². The highest BCUT2D eigenvalue weighted by Crippen LogP contribution is 2.64. The number of fused-ring (bicyclic) bond motifs is 6. The predicted molar refractivity (Wildman–Crippen MR) is 220 cm³/mol. The number of nitrogens with zero attached hydrogens (tertiary/aromatic N) is 3. The van der Waals surface area contributed by atoms with Gasteiger partial charge in [0.25, 0.3) is 0 Å². The van der Waals surface area contributed by atoms with Crippen molar-refractivity contribution in [2.45, 2.75) is 19.3 Å². The highest BCUT2D eigenvalue weighted by Gasteiger charge is 2.44. The summed E-state index contributed by atoms with van der Waals surface area (Å²) in [4.78, 5) is 7.13. The molecule has 8 aromatic carbocycles. The minimum Gasteiger partial charge on any atom is -0.451 e. The average molecular weight is 684 g/mol. The number of benzene rings is 8. The fraction of sp³-hybridized carbons (Fsp3) is 0.0612. The number of hydrogen-bond acceptors (Lipinski definition) is 4. The number of ether oxygens (including phenoxy) is 1. The zero-order valence-corrected chi connectivity index (χ0v) is 29.6. The van der Waals surface area contributed by atoms with Gasteiger partial charge in [-0.25, -0.2) is 0 Å². The lowest BCUT2D eigenvalue weighted by Crippen LogP contribution is -2.33. The third kappa shape index (κ3) is 4.91. The minimum absolute atomic E-state index is 0.362. The molecular formula is C49H37N3O. The molecule has 0 radical (unpaired) electrons. The molecule has 2 aliphatic heterocycles. The molecule has 10 rings (SSSR count). The first-order valence-electron chi connectivity index (χ1n) is 18.2. The molecule has 0 atom stereocenters. The zero-order chi connectivity index (χ0) is 35.5. The lowest BCUT2D eigenvalue weighted by Gasteiger charge is -2.46. The Hall–Kier alpha value is -6.78. The molecule has 4 nitrogen and oxygen atoms in total. The Labute approximate surface area is 310 Å². The molecule has 8 aromatic rings. The normalized spacial score (nSPS) is 13.4. The van der Waals surface area contributed by atoms with Gasteiger partial charge in [-0.2, -0.15) is 0 Å². The first-order valence-corrected chi connectivity index (χ1v) is 18.2. The van der Waals surface area contributed by atoms with E-state index in [2.05, 4.69) is 217 Å². The Bertz CT molecular complexity index is 2540. The molecule has 0 N–H and O–H groups in total. The Morgan fingerprint density at radius 2 is 1.00 bits per heavy atom. The number of para-hydroxylation sites is 4. The van der Waals surface area contributed by atoms with Gasteiger partial charge in [0.15, 0.2) is 11.5 Å². The maximum atomic E-state index is 7.18. The Morgan fingerprint density at radius 3 is 1.60 bits per heavy atom. The van der Waals surface area contributed by atoms with Crippen molar-refractivity contribution >= 4 is 62.0 Å². The van der Waals surface area contributed by atoms with E-state index in [9.17, 15) is 0 Å². The van der Waals surface area contributed by atoms with Crippen LogP contribution in [0.2, 0.25) is 0 Å². The predicted octanol–water partition coefficient (Wildman–Crippen LogP) is 14.0. The van der Waals surface area contributed by atoms with Crippen molar-refractivity contribution in [1.29, 1.82) is 0 Å². The number of rotatable bonds is 6. The van der Waals surface area contributed by atoms with Crippen LogP contribution in [0.3, 0.4) is 0 Å². The highest BCUT2D eigenvalue weighted by atomic mass is 16.5. The van der Waals surface area contributed by atoms with Crippen molar-refractivity contribution in [3.63, 3.8) is 0 Å². The van der Waals surface area contributed by atoms with E-state index >= 15 is 0 Å². The Kier molecular flexibility index (Phi) is 7.12. The second-order valence-corrected chi connectivity index (χ2v) is 14.2. The quantitative estimate of drug-likeness (QED) is 0.174. The SMILES string of the molecule is CC1(C)c2cc(N(c3ccccc3)c3ccccc3)ccc2N2c3c1ccc(N(c1ccccc1)c1ccccc1)c3Oc1ccc3ccccc3c12. The highest BCUT2D eigenvalue weighted by molar-refractivity contribution is 6.07. The van der Waals surface area contributed by atoms with Crippen LogP contribution in [0, 0.1) is 0 Å². The summed E-state index contributed by atoms with van der Waals surface area (Å²) in [6, 6.07) is 66.9. The van der Waals surface area contributed by atoms with Crippen molar-refractivity contribution < 1.29 is 4.74 Å². The molecule has 2 heterocycles. The summed E-state index contributed by atoms with van der Waals surface area (Å²) in [5, 5.41) is 2.33. The van der Waals surface area contributed by atoms with Crippen LogP contribution in [-0.2, 0) is 5.41 Å². The molecular weight excluding hydrogens is 647 g/mol. The molecule has 0 fully saturated rings. The molecule has 0 unspecified atom stereocenters. The van der Waals surface area contributed by atoms with Gasteiger partial charge >= 0.3 is 0 Å². The van der Waals surface area contributed by atoms with Gasteiger partial charge in [-0.3, -0.25) is 0 Å². The molecule has 53 heavy (non-hydrogen) atoms. The van der Waals surface area contributed by atoms with E-state index in [0.717, 1.165) is 68.1 Å². The van der Waals surface area contributed by atoms with Gasteiger partial charge in [0.05, 0.1) is 22.7 Å². The molecule has 0 saturated heterocycles. The first-order chi connectivity index (χ1) is 26.1. The maximum absolute atomic E-state index is 7.18. The summed E-state index contributed by atoms with van der Waals surface area (Å²) in [7, 11) is 0. The fourth-order valence-corrected chi connectivity index (χ4v) is 8.26. The average Bonchev–Trinajstić information content (AvgIpc) is 3.21. The third-order valence-corrected chi connectivity index (χ3v) is 10.8. The van der Waals surface area contributed by atoms with Gasteiger partial charge in [0.1, 0.15) is 0 Å². The van der Waals surface area contributed by atoms with Crippen LogP contribution < -0.4 is 19.4 Å². The van der Waals surface area contributed by atoms with Crippen LogP contribution >= 0.6 is 0 Å². The molecule has 0 saturated carbocycles. The van der Waals surface area contributed by atoms with Gasteiger partial charge in [0, 0.05) is 39.2 Å². The van der Waals surface area contributed by atoms with E-state index in [4.69, 9.17) is 4.74 Å². The molecule has 0 aliphatic carbocycles. The second-order valence-electron chi connectivity index (χ2n) is 14.2. The molecule has 0 spiro atoms. The molecule has 2 aliphatic rings. The zero-order valence-electron chi connectivity index (χ0n) is 29.6. The van der Waals surface area contributed by atoms with Crippen molar-refractivity contribution in [3.05, 3.63) is 199 Å². The van der Waals surface area contributed by atoms with Crippen LogP contribution in [0.1, 0.15) is 25.0 Å². The van der Waals surface area contributed by atoms with Gasteiger partial charge in [-0.1, -0.05) is 123 Å². The lowest BCUT2D eigenvalue weighted by molar-refractivity contribution is 0.473. The van der Waals surface area contributed by atoms with Gasteiger partial charge in [0.2, 0.25) is 0 Å². The van der Waals surface area contributed by atoms with E-state index in [1.165, 1.54) is 16.5 Å². The van der Waals surface area contributed by atoms with Gasteiger partial charge in [-0.15, -0.1) is 0 Å². The summed E-state index contributed by atoms with van der Waals surface area (Å²) in [6.07, 6.45) is 0. The lowest BCUT2D eigenvalue weighted by atomic mass is 9.72. The summed E-state index contributed by atoms with van der Waals surface area (Å²) in [5.41, 5.74) is 11.9. The van der Waals surface area contributed by atoms with Crippen LogP contribution in [0.4, 0.5) is 51.2 Å². The summed E-state index contributed by atoms with van der Waals surface area (Å²) in [6.45, 7) is 4.70. The van der Waals surface area contributed by atoms with E-state index in [0.29, 0.717) is 0 Å². The molecule has 0 aromatic heterocycles. The van der Waals surface area contributed by atoms with Crippen molar-refractivity contribution in [2.75, 3.05) is 14.7 Å². The largest absolute Gasteiger partial charge is 0.451 e. The minimum atomic E-state index is -0.362. The molecule has 0 bridgehead atoms. The summed E-state index contributed by atoms with van der Waals surface area (Å²) < 4.78 is 7.18. The van der Waals surface area contributed by atoms with Crippen LogP contribution in [0.25, 0.3) is 10.8 Å². The smallest absolute Gasteiger partial charge is 0.175 e. The van der Waals surface area contributed by atoms with E-state index in [1.54, 1.807) is 0 Å².